The van der Waals surface area contributed by atoms with Gasteiger partial charge >= 0.3 is 5.97 Å². The average molecular weight is 384 g/mol. The Morgan fingerprint density at radius 1 is 0.958 bits per heavy atom. The van der Waals surface area contributed by atoms with Crippen molar-refractivity contribution in [2.45, 2.75) is 11.3 Å². The average Bonchev–Trinajstić information content (AvgIpc) is 2.57. The van der Waals surface area contributed by atoms with Crippen molar-refractivity contribution in [3.8, 4) is 0 Å². The molecule has 2 aromatic rings. The topological polar surface area (TPSA) is 55.4 Å². The molecule has 7 heteroatoms. The van der Waals surface area contributed by atoms with Crippen LogP contribution in [0.2, 0.25) is 10.0 Å². The molecule has 1 amide bonds. The molecule has 0 saturated heterocycles. The Hall–Kier alpha value is -1.69. The highest BCUT2D eigenvalue weighted by Crippen LogP contribution is 2.21. The zero-order valence-corrected chi connectivity index (χ0v) is 15.0. The lowest BCUT2D eigenvalue weighted by Crippen LogP contribution is -2.21. The van der Waals surface area contributed by atoms with Gasteiger partial charge in [0.1, 0.15) is 0 Å². The monoisotopic (exact) mass is 383 g/mol. The number of hydrogen-bond donors (Lipinski definition) is 1. The fourth-order valence-corrected chi connectivity index (χ4v) is 2.82. The van der Waals surface area contributed by atoms with Crippen LogP contribution in [0.1, 0.15) is 6.42 Å². The second kappa shape index (κ2) is 9.57. The molecule has 0 radical (unpaired) electrons. The highest BCUT2D eigenvalue weighted by Gasteiger charge is 2.08. The van der Waals surface area contributed by atoms with Crippen LogP contribution in [-0.4, -0.2) is 24.2 Å². The van der Waals surface area contributed by atoms with Crippen LogP contribution >= 0.6 is 35.0 Å². The lowest BCUT2D eigenvalue weighted by Gasteiger charge is -2.07. The van der Waals surface area contributed by atoms with Crippen molar-refractivity contribution in [1.82, 2.24) is 0 Å². The van der Waals surface area contributed by atoms with Crippen molar-refractivity contribution < 1.29 is 14.3 Å². The number of amides is 1. The van der Waals surface area contributed by atoms with Crippen LogP contribution in [0.25, 0.3) is 0 Å². The Bertz CT molecular complexity index is 690. The van der Waals surface area contributed by atoms with E-state index in [9.17, 15) is 9.59 Å². The van der Waals surface area contributed by atoms with Crippen LogP contribution in [-0.2, 0) is 14.3 Å². The number of thioether (sulfide) groups is 1. The predicted octanol–water partition coefficient (Wildman–Crippen LogP) is 4.66. The molecule has 0 unspecified atom stereocenters. The molecule has 0 saturated carbocycles. The van der Waals surface area contributed by atoms with E-state index in [-0.39, 0.29) is 13.0 Å². The number of carbonyl (C=O) groups is 2. The van der Waals surface area contributed by atoms with E-state index in [2.05, 4.69) is 5.32 Å². The third kappa shape index (κ3) is 6.83. The van der Waals surface area contributed by atoms with Crippen LogP contribution in [0.3, 0.4) is 0 Å². The van der Waals surface area contributed by atoms with Crippen molar-refractivity contribution in [2.75, 3.05) is 17.7 Å². The van der Waals surface area contributed by atoms with Gasteiger partial charge in [-0.1, -0.05) is 23.2 Å². The van der Waals surface area contributed by atoms with Crippen molar-refractivity contribution in [1.29, 1.82) is 0 Å². The summed E-state index contributed by atoms with van der Waals surface area (Å²) in [7, 11) is 0. The largest absolute Gasteiger partial charge is 0.456 e. The molecule has 126 valence electrons. The second-order valence-corrected chi connectivity index (χ2v) is 6.81. The third-order valence-electron chi connectivity index (χ3n) is 2.88. The first kappa shape index (κ1) is 18.6. The molecule has 1 N–H and O–H groups in total. The van der Waals surface area contributed by atoms with Crippen molar-refractivity contribution >= 4 is 52.5 Å². The highest BCUT2D eigenvalue weighted by molar-refractivity contribution is 7.99. The van der Waals surface area contributed by atoms with Crippen molar-refractivity contribution in [3.63, 3.8) is 0 Å². The molecule has 0 aliphatic rings. The molecule has 24 heavy (non-hydrogen) atoms. The van der Waals surface area contributed by atoms with E-state index in [1.54, 1.807) is 36.4 Å². The third-order valence-corrected chi connectivity index (χ3v) is 4.40. The van der Waals surface area contributed by atoms with Crippen LogP contribution in [0.15, 0.2) is 53.4 Å². The molecule has 0 spiro atoms. The number of halogens is 2. The van der Waals surface area contributed by atoms with Crippen LogP contribution in [0, 0.1) is 0 Å². The van der Waals surface area contributed by atoms with Gasteiger partial charge in [0, 0.05) is 26.4 Å². The molecule has 0 bridgehead atoms. The first-order valence-corrected chi connectivity index (χ1v) is 8.86. The van der Waals surface area contributed by atoms with E-state index in [1.807, 2.05) is 12.1 Å². The number of rotatable bonds is 7. The van der Waals surface area contributed by atoms with Gasteiger partial charge in [-0.25, -0.2) is 0 Å². The Balaban J connectivity index is 1.64. The molecule has 0 fully saturated rings. The molecular weight excluding hydrogens is 369 g/mol. The number of nitrogens with one attached hydrogen (secondary N) is 1. The van der Waals surface area contributed by atoms with Gasteiger partial charge in [-0.15, -0.1) is 11.8 Å². The number of esters is 1. The molecule has 4 nitrogen and oxygen atoms in total. The predicted molar refractivity (Wildman–Crippen MR) is 97.8 cm³/mol. The van der Waals surface area contributed by atoms with Gasteiger partial charge in [-0.2, -0.15) is 0 Å². The van der Waals surface area contributed by atoms with E-state index < -0.39 is 11.9 Å². The maximum absolute atomic E-state index is 11.7. The Morgan fingerprint density at radius 2 is 1.54 bits per heavy atom. The molecular formula is C17H15Cl2NO3S. The molecule has 0 aliphatic heterocycles. The van der Waals surface area contributed by atoms with Gasteiger partial charge in [0.25, 0.3) is 5.91 Å². The number of carbonyl (C=O) groups excluding carboxylic acids is 2. The van der Waals surface area contributed by atoms with E-state index in [0.29, 0.717) is 21.5 Å². The molecule has 0 heterocycles. The fourth-order valence-electron chi connectivity index (χ4n) is 1.73. The van der Waals surface area contributed by atoms with E-state index in [1.165, 1.54) is 11.8 Å². The van der Waals surface area contributed by atoms with E-state index in [4.69, 9.17) is 27.9 Å². The first-order chi connectivity index (χ1) is 11.5. The molecule has 0 atom stereocenters. The Morgan fingerprint density at radius 3 is 2.17 bits per heavy atom. The summed E-state index contributed by atoms with van der Waals surface area (Å²) in [4.78, 5) is 24.3. The minimum atomic E-state index is -0.414. The lowest BCUT2D eigenvalue weighted by atomic mass is 10.3. The molecule has 0 aliphatic carbocycles. The number of anilines is 1. The summed E-state index contributed by atoms with van der Waals surface area (Å²) in [6, 6.07) is 14.0. The second-order valence-electron chi connectivity index (χ2n) is 4.77. The van der Waals surface area contributed by atoms with E-state index in [0.717, 1.165) is 4.90 Å². The summed E-state index contributed by atoms with van der Waals surface area (Å²) in [6.07, 6.45) is 0.224. The van der Waals surface area contributed by atoms with Crippen LogP contribution < -0.4 is 5.32 Å². The Labute approximate surface area is 154 Å². The standard InChI is InChI=1S/C17H15Cl2NO3S/c18-12-1-5-14(6-2-12)20-16(21)11-23-17(22)9-10-24-15-7-3-13(19)4-8-15/h1-8H,9-11H2,(H,20,21). The van der Waals surface area contributed by atoms with Gasteiger partial charge in [0.05, 0.1) is 6.42 Å². The van der Waals surface area contributed by atoms with E-state index >= 15 is 0 Å². The number of ether oxygens (including phenoxy) is 1. The smallest absolute Gasteiger partial charge is 0.307 e. The van der Waals surface area contributed by atoms with Crippen LogP contribution in [0.5, 0.6) is 0 Å². The summed E-state index contributed by atoms with van der Waals surface area (Å²) >= 11 is 13.1. The quantitative estimate of drug-likeness (QED) is 0.557. The zero-order chi connectivity index (χ0) is 17.4. The zero-order valence-electron chi connectivity index (χ0n) is 12.6. The van der Waals surface area contributed by atoms with Gasteiger partial charge in [0.2, 0.25) is 0 Å². The van der Waals surface area contributed by atoms with Crippen molar-refractivity contribution in [3.05, 3.63) is 58.6 Å². The summed E-state index contributed by atoms with van der Waals surface area (Å²) in [5.41, 5.74) is 0.596. The summed E-state index contributed by atoms with van der Waals surface area (Å²) in [5, 5.41) is 3.87. The molecule has 2 aromatic carbocycles. The first-order valence-electron chi connectivity index (χ1n) is 7.12. The van der Waals surface area contributed by atoms with Crippen LogP contribution in [0.4, 0.5) is 5.69 Å². The van der Waals surface area contributed by atoms with Gasteiger partial charge in [0.15, 0.2) is 6.61 Å². The van der Waals surface area contributed by atoms with Crippen molar-refractivity contribution in [2.24, 2.45) is 0 Å². The summed E-state index contributed by atoms with van der Waals surface area (Å²) < 4.78 is 4.95. The van der Waals surface area contributed by atoms with Gasteiger partial charge < -0.3 is 10.1 Å². The minimum Gasteiger partial charge on any atom is -0.456 e. The molecule has 2 rings (SSSR count). The summed E-state index contributed by atoms with van der Waals surface area (Å²) in [6.45, 7) is -0.312. The number of benzene rings is 2. The lowest BCUT2D eigenvalue weighted by molar-refractivity contribution is -0.146. The van der Waals surface area contributed by atoms with Gasteiger partial charge in [-0.05, 0) is 48.5 Å². The maximum atomic E-state index is 11.7. The molecule has 0 aromatic heterocycles. The van der Waals surface area contributed by atoms with Gasteiger partial charge in [-0.3, -0.25) is 9.59 Å². The Kier molecular flexibility index (Phi) is 7.43. The SMILES string of the molecule is O=C(COC(=O)CCSc1ccc(Cl)cc1)Nc1ccc(Cl)cc1. The highest BCUT2D eigenvalue weighted by atomic mass is 35.5. The fraction of sp³-hybridized carbons (Fsp3) is 0.176. The number of hydrogen-bond acceptors (Lipinski definition) is 4. The summed E-state index contributed by atoms with van der Waals surface area (Å²) in [5.74, 6) is -0.238. The normalized spacial score (nSPS) is 10.2. The maximum Gasteiger partial charge on any atom is 0.307 e. The minimum absolute atomic E-state index is 0.224.